The SMILES string of the molecule is O=S(=O)(Oc1ccc(-c2ccccc2)c(-c2ccccc2)c1)C(F)(F)F. The van der Waals surface area contributed by atoms with Crippen LogP contribution in [0.4, 0.5) is 13.2 Å². The summed E-state index contributed by atoms with van der Waals surface area (Å²) in [7, 11) is -5.73. The maximum absolute atomic E-state index is 12.6. The van der Waals surface area contributed by atoms with Gasteiger partial charge in [-0.15, -0.1) is 0 Å². The van der Waals surface area contributed by atoms with Crippen LogP contribution in [-0.2, 0) is 10.1 Å². The minimum absolute atomic E-state index is 0.402. The fourth-order valence-electron chi connectivity index (χ4n) is 2.48. The first-order valence-corrected chi connectivity index (χ1v) is 8.94. The van der Waals surface area contributed by atoms with E-state index in [-0.39, 0.29) is 0 Å². The molecule has 0 saturated carbocycles. The Morgan fingerprint density at radius 2 is 1.19 bits per heavy atom. The molecule has 0 aliphatic heterocycles. The van der Waals surface area contributed by atoms with E-state index in [1.807, 2.05) is 30.3 Å². The van der Waals surface area contributed by atoms with Gasteiger partial charge < -0.3 is 4.18 Å². The van der Waals surface area contributed by atoms with Crippen LogP contribution in [0.25, 0.3) is 22.3 Å². The second-order valence-electron chi connectivity index (χ2n) is 5.42. The minimum atomic E-state index is -5.73. The van der Waals surface area contributed by atoms with Crippen molar-refractivity contribution in [2.45, 2.75) is 5.51 Å². The summed E-state index contributed by atoms with van der Waals surface area (Å²) in [5, 5.41) is 0. The molecule has 0 unspecified atom stereocenters. The number of rotatable bonds is 4. The lowest BCUT2D eigenvalue weighted by Gasteiger charge is -2.14. The highest BCUT2D eigenvalue weighted by molar-refractivity contribution is 7.88. The molecule has 0 amide bonds. The molecule has 0 bridgehead atoms. The highest BCUT2D eigenvalue weighted by atomic mass is 32.2. The predicted octanol–water partition coefficient (Wildman–Crippen LogP) is 5.25. The third-order valence-electron chi connectivity index (χ3n) is 3.65. The van der Waals surface area contributed by atoms with Crippen molar-refractivity contribution in [1.29, 1.82) is 0 Å². The highest BCUT2D eigenvalue weighted by Gasteiger charge is 2.48. The Kier molecular flexibility index (Phi) is 4.73. The van der Waals surface area contributed by atoms with E-state index >= 15 is 0 Å². The van der Waals surface area contributed by atoms with Gasteiger partial charge in [0, 0.05) is 0 Å². The summed E-state index contributed by atoms with van der Waals surface area (Å²) < 4.78 is 64.5. The Bertz CT molecular complexity index is 999. The largest absolute Gasteiger partial charge is 0.534 e. The van der Waals surface area contributed by atoms with E-state index in [1.54, 1.807) is 36.4 Å². The van der Waals surface area contributed by atoms with Gasteiger partial charge in [0.2, 0.25) is 0 Å². The zero-order valence-electron chi connectivity index (χ0n) is 13.3. The number of hydrogen-bond donors (Lipinski definition) is 0. The number of alkyl halides is 3. The normalized spacial score (nSPS) is 12.0. The van der Waals surface area contributed by atoms with Crippen molar-refractivity contribution >= 4 is 10.1 Å². The third kappa shape index (κ3) is 3.72. The summed E-state index contributed by atoms with van der Waals surface area (Å²) in [6.07, 6.45) is 0. The topological polar surface area (TPSA) is 43.4 Å². The molecular formula is C19H13F3O3S. The number of benzene rings is 3. The van der Waals surface area contributed by atoms with Gasteiger partial charge in [0.05, 0.1) is 0 Å². The number of hydrogen-bond acceptors (Lipinski definition) is 3. The Balaban J connectivity index is 2.12. The lowest BCUT2D eigenvalue weighted by Crippen LogP contribution is -2.28. The molecule has 0 aliphatic rings. The molecule has 0 fully saturated rings. The average Bonchev–Trinajstić information content (AvgIpc) is 2.62. The van der Waals surface area contributed by atoms with Gasteiger partial charge in [-0.25, -0.2) is 0 Å². The molecule has 0 atom stereocenters. The predicted molar refractivity (Wildman–Crippen MR) is 92.9 cm³/mol. The molecule has 0 saturated heterocycles. The van der Waals surface area contributed by atoms with Crippen molar-refractivity contribution in [3.63, 3.8) is 0 Å². The summed E-state index contributed by atoms with van der Waals surface area (Å²) in [6, 6.07) is 22.2. The molecular weight excluding hydrogens is 365 g/mol. The zero-order chi connectivity index (χ0) is 18.8. The molecule has 0 N–H and O–H groups in total. The highest BCUT2D eigenvalue weighted by Crippen LogP contribution is 2.36. The molecule has 3 aromatic carbocycles. The van der Waals surface area contributed by atoms with E-state index in [4.69, 9.17) is 0 Å². The second kappa shape index (κ2) is 6.84. The van der Waals surface area contributed by atoms with Gasteiger partial charge >= 0.3 is 15.6 Å². The molecule has 0 aromatic heterocycles. The van der Waals surface area contributed by atoms with Crippen LogP contribution in [0.5, 0.6) is 5.75 Å². The van der Waals surface area contributed by atoms with Crippen molar-refractivity contribution in [1.82, 2.24) is 0 Å². The molecule has 26 heavy (non-hydrogen) atoms. The van der Waals surface area contributed by atoms with E-state index in [2.05, 4.69) is 4.18 Å². The van der Waals surface area contributed by atoms with Crippen molar-refractivity contribution in [3.8, 4) is 28.0 Å². The van der Waals surface area contributed by atoms with Crippen LogP contribution in [0.2, 0.25) is 0 Å². The number of halogens is 3. The van der Waals surface area contributed by atoms with Crippen LogP contribution in [0, 0.1) is 0 Å². The van der Waals surface area contributed by atoms with E-state index in [9.17, 15) is 21.6 Å². The van der Waals surface area contributed by atoms with Gasteiger partial charge in [0.25, 0.3) is 0 Å². The smallest absolute Gasteiger partial charge is 0.376 e. The molecule has 0 heterocycles. The molecule has 134 valence electrons. The van der Waals surface area contributed by atoms with Gasteiger partial charge in [0.1, 0.15) is 5.75 Å². The van der Waals surface area contributed by atoms with Crippen LogP contribution < -0.4 is 4.18 Å². The van der Waals surface area contributed by atoms with Gasteiger partial charge in [0.15, 0.2) is 0 Å². The first-order valence-electron chi connectivity index (χ1n) is 7.53. The summed E-state index contributed by atoms with van der Waals surface area (Å²) >= 11 is 0. The van der Waals surface area contributed by atoms with Crippen LogP contribution in [0.3, 0.4) is 0 Å². The maximum atomic E-state index is 12.6. The van der Waals surface area contributed by atoms with Gasteiger partial charge in [-0.05, 0) is 34.4 Å². The van der Waals surface area contributed by atoms with Crippen molar-refractivity contribution in [2.24, 2.45) is 0 Å². The van der Waals surface area contributed by atoms with E-state index in [1.165, 1.54) is 12.1 Å². The van der Waals surface area contributed by atoms with Crippen molar-refractivity contribution in [2.75, 3.05) is 0 Å². The molecule has 0 spiro atoms. The monoisotopic (exact) mass is 378 g/mol. The standard InChI is InChI=1S/C19H13F3O3S/c20-19(21,22)26(23,24)25-16-11-12-17(14-7-3-1-4-8-14)18(13-16)15-9-5-2-6-10-15/h1-13H. The fraction of sp³-hybridized carbons (Fsp3) is 0.0526. The summed E-state index contributed by atoms with van der Waals surface area (Å²) in [4.78, 5) is 0. The quantitative estimate of drug-likeness (QED) is 0.460. The van der Waals surface area contributed by atoms with Crippen molar-refractivity contribution < 1.29 is 25.8 Å². The van der Waals surface area contributed by atoms with Gasteiger partial charge in [-0.1, -0.05) is 66.7 Å². The minimum Gasteiger partial charge on any atom is -0.376 e. The van der Waals surface area contributed by atoms with Crippen LogP contribution >= 0.6 is 0 Å². The van der Waals surface area contributed by atoms with Gasteiger partial charge in [-0.3, -0.25) is 0 Å². The summed E-state index contributed by atoms with van der Waals surface area (Å²) in [5.74, 6) is -0.402. The average molecular weight is 378 g/mol. The van der Waals surface area contributed by atoms with E-state index in [0.717, 1.165) is 16.7 Å². The molecule has 7 heteroatoms. The first-order chi connectivity index (χ1) is 12.3. The Morgan fingerprint density at radius 3 is 1.69 bits per heavy atom. The fourth-order valence-corrected chi connectivity index (χ4v) is 2.93. The molecule has 0 aliphatic carbocycles. The molecule has 3 nitrogen and oxygen atoms in total. The molecule has 3 rings (SSSR count). The lowest BCUT2D eigenvalue weighted by molar-refractivity contribution is -0.0500. The Morgan fingerprint density at radius 1 is 0.692 bits per heavy atom. The lowest BCUT2D eigenvalue weighted by atomic mass is 9.94. The van der Waals surface area contributed by atoms with Crippen LogP contribution in [0.15, 0.2) is 78.9 Å². The third-order valence-corrected chi connectivity index (χ3v) is 4.63. The first kappa shape index (κ1) is 18.0. The van der Waals surface area contributed by atoms with E-state index in [0.29, 0.717) is 5.56 Å². The molecule has 3 aromatic rings. The van der Waals surface area contributed by atoms with Gasteiger partial charge in [-0.2, -0.15) is 21.6 Å². The Hall–Kier alpha value is -2.80. The second-order valence-corrected chi connectivity index (χ2v) is 6.96. The van der Waals surface area contributed by atoms with E-state index < -0.39 is 21.4 Å². The summed E-state index contributed by atoms with van der Waals surface area (Å²) in [6.45, 7) is 0. The zero-order valence-corrected chi connectivity index (χ0v) is 14.1. The summed E-state index contributed by atoms with van der Waals surface area (Å²) in [5.41, 5.74) is -2.61. The van der Waals surface area contributed by atoms with Crippen molar-refractivity contribution in [3.05, 3.63) is 78.9 Å². The Labute approximate surface area is 148 Å². The van der Waals surface area contributed by atoms with Crippen LogP contribution in [0.1, 0.15) is 0 Å². The van der Waals surface area contributed by atoms with Crippen LogP contribution in [-0.4, -0.2) is 13.9 Å². The maximum Gasteiger partial charge on any atom is 0.534 e. The molecule has 0 radical (unpaired) electrons.